The maximum absolute atomic E-state index is 13.1. The van der Waals surface area contributed by atoms with Gasteiger partial charge in [-0.2, -0.15) is 5.10 Å². The zero-order valence-electron chi connectivity index (χ0n) is 20.6. The summed E-state index contributed by atoms with van der Waals surface area (Å²) in [6, 6.07) is 14.6. The Labute approximate surface area is 209 Å². The van der Waals surface area contributed by atoms with Gasteiger partial charge in [0.25, 0.3) is 5.91 Å². The lowest BCUT2D eigenvalue weighted by atomic mass is 10.0. The number of aromatic hydroxyl groups is 1. The number of hydrogen-bond donors (Lipinski definition) is 4. The third kappa shape index (κ3) is 4.08. The molecule has 9 heteroatoms. The van der Waals surface area contributed by atoms with Gasteiger partial charge in [0, 0.05) is 35.5 Å². The fourth-order valence-corrected chi connectivity index (χ4v) is 4.62. The molecule has 4 aromatic rings. The van der Waals surface area contributed by atoms with Crippen LogP contribution in [0.15, 0.2) is 54.7 Å². The number of carbonyl (C=O) groups excluding carboxylic acids is 1. The predicted octanol–water partition coefficient (Wildman–Crippen LogP) is 4.86. The van der Waals surface area contributed by atoms with E-state index in [0.717, 1.165) is 40.2 Å². The van der Waals surface area contributed by atoms with E-state index < -0.39 is 0 Å². The molecule has 1 unspecified atom stereocenters. The number of nitrogens with zero attached hydrogens (tertiary/aromatic N) is 3. The van der Waals surface area contributed by atoms with Crippen molar-refractivity contribution in [3.05, 3.63) is 77.1 Å². The third-order valence-corrected chi connectivity index (χ3v) is 6.43. The highest BCUT2D eigenvalue weighted by molar-refractivity contribution is 6.05. The van der Waals surface area contributed by atoms with E-state index >= 15 is 0 Å². The van der Waals surface area contributed by atoms with Crippen molar-refractivity contribution in [2.24, 2.45) is 7.05 Å². The summed E-state index contributed by atoms with van der Waals surface area (Å²) in [7, 11) is 3.40. The number of nitrogens with one attached hydrogen (secondary N) is 3. The van der Waals surface area contributed by atoms with Crippen molar-refractivity contribution in [1.29, 1.82) is 0 Å². The first-order chi connectivity index (χ1) is 17.4. The number of benzene rings is 2. The minimum absolute atomic E-state index is 0.149. The largest absolute Gasteiger partial charge is 0.508 e. The zero-order valence-corrected chi connectivity index (χ0v) is 20.6. The van der Waals surface area contributed by atoms with E-state index in [1.807, 2.05) is 51.2 Å². The van der Waals surface area contributed by atoms with Crippen LogP contribution in [-0.2, 0) is 13.5 Å². The maximum atomic E-state index is 13.1. The number of ether oxygens (including phenoxy) is 1. The second-order valence-electron chi connectivity index (χ2n) is 8.66. The Morgan fingerprint density at radius 1 is 1.17 bits per heavy atom. The quantitative estimate of drug-likeness (QED) is 0.309. The van der Waals surface area contributed by atoms with Crippen molar-refractivity contribution >= 4 is 23.1 Å². The molecule has 0 bridgehead atoms. The predicted molar refractivity (Wildman–Crippen MR) is 140 cm³/mol. The summed E-state index contributed by atoms with van der Waals surface area (Å²) in [4.78, 5) is 17.3. The van der Waals surface area contributed by atoms with Crippen molar-refractivity contribution in [2.45, 2.75) is 26.4 Å². The minimum atomic E-state index is -0.382. The van der Waals surface area contributed by atoms with Crippen molar-refractivity contribution < 1.29 is 14.6 Å². The van der Waals surface area contributed by atoms with Gasteiger partial charge in [0.05, 0.1) is 24.2 Å². The molecule has 184 valence electrons. The lowest BCUT2D eigenvalue weighted by Gasteiger charge is -2.16. The molecule has 2 aromatic heterocycles. The Balaban J connectivity index is 1.39. The summed E-state index contributed by atoms with van der Waals surface area (Å²) in [6.45, 7) is 3.98. The number of phenolic OH excluding ortho intramolecular Hbond substituents is 1. The first-order valence-corrected chi connectivity index (χ1v) is 11.7. The minimum Gasteiger partial charge on any atom is -0.508 e. The van der Waals surface area contributed by atoms with E-state index in [-0.39, 0.29) is 17.8 Å². The molecular formula is C27H28N6O3. The fraction of sp³-hybridized carbons (Fsp3) is 0.222. The molecule has 0 fully saturated rings. The average Bonchev–Trinajstić information content (AvgIpc) is 3.43. The van der Waals surface area contributed by atoms with E-state index in [1.165, 1.54) is 0 Å². The molecule has 1 aliphatic rings. The van der Waals surface area contributed by atoms with E-state index in [1.54, 1.807) is 36.2 Å². The van der Waals surface area contributed by atoms with Crippen molar-refractivity contribution in [3.8, 4) is 22.8 Å². The molecule has 9 nitrogen and oxygen atoms in total. The number of aryl methyl sites for hydroxylation is 2. The number of rotatable bonds is 6. The van der Waals surface area contributed by atoms with E-state index in [9.17, 15) is 9.90 Å². The molecule has 5 rings (SSSR count). The van der Waals surface area contributed by atoms with Crippen molar-refractivity contribution in [3.63, 3.8) is 0 Å². The van der Waals surface area contributed by atoms with Gasteiger partial charge in [-0.05, 0) is 61.4 Å². The third-order valence-electron chi connectivity index (χ3n) is 6.43. The molecule has 36 heavy (non-hydrogen) atoms. The summed E-state index contributed by atoms with van der Waals surface area (Å²) in [5, 5.41) is 24.8. The molecule has 1 aliphatic heterocycles. The molecule has 1 atom stereocenters. The highest BCUT2D eigenvalue weighted by Crippen LogP contribution is 2.40. The monoisotopic (exact) mass is 484 g/mol. The fourth-order valence-electron chi connectivity index (χ4n) is 4.62. The number of anilines is 3. The number of pyridine rings is 1. The van der Waals surface area contributed by atoms with Crippen LogP contribution >= 0.6 is 0 Å². The van der Waals surface area contributed by atoms with Gasteiger partial charge in [-0.25, -0.2) is 4.98 Å². The number of phenols is 1. The van der Waals surface area contributed by atoms with Crippen LogP contribution in [0.4, 0.5) is 17.2 Å². The normalized spacial score (nSPS) is 14.1. The lowest BCUT2D eigenvalue weighted by molar-refractivity contribution is 0.102. The zero-order chi connectivity index (χ0) is 25.4. The molecule has 4 N–H and O–H groups in total. The molecule has 0 saturated carbocycles. The molecular weight excluding hydrogens is 456 g/mol. The Morgan fingerprint density at radius 2 is 1.97 bits per heavy atom. The van der Waals surface area contributed by atoms with Gasteiger partial charge in [0.1, 0.15) is 17.7 Å². The molecule has 1 amide bonds. The Hall–Kier alpha value is -4.53. The second kappa shape index (κ2) is 9.26. The molecule has 2 aromatic carbocycles. The Bertz CT molecular complexity index is 1460. The maximum Gasteiger partial charge on any atom is 0.256 e. The van der Waals surface area contributed by atoms with Gasteiger partial charge < -0.3 is 25.8 Å². The van der Waals surface area contributed by atoms with Crippen LogP contribution in [0.1, 0.15) is 40.3 Å². The van der Waals surface area contributed by atoms with Gasteiger partial charge in [0.15, 0.2) is 0 Å². The van der Waals surface area contributed by atoms with Crippen LogP contribution in [0.2, 0.25) is 0 Å². The summed E-state index contributed by atoms with van der Waals surface area (Å²) in [5.74, 6) is 1.15. The van der Waals surface area contributed by atoms with Gasteiger partial charge in [0.2, 0.25) is 5.88 Å². The first-order valence-electron chi connectivity index (χ1n) is 11.7. The van der Waals surface area contributed by atoms with E-state index in [4.69, 9.17) is 4.74 Å². The Kier molecular flexibility index (Phi) is 5.97. The molecule has 0 radical (unpaired) electrons. The van der Waals surface area contributed by atoms with Crippen LogP contribution in [0, 0.1) is 6.92 Å². The van der Waals surface area contributed by atoms with Gasteiger partial charge in [-0.15, -0.1) is 0 Å². The van der Waals surface area contributed by atoms with Crippen LogP contribution in [0.5, 0.6) is 11.6 Å². The lowest BCUT2D eigenvalue weighted by Crippen LogP contribution is -2.15. The first kappa shape index (κ1) is 23.2. The molecule has 0 saturated heterocycles. The number of methoxy groups -OCH3 is 1. The number of amides is 1. The molecule has 0 aliphatic carbocycles. The highest BCUT2D eigenvalue weighted by Gasteiger charge is 2.25. The van der Waals surface area contributed by atoms with E-state index in [0.29, 0.717) is 22.8 Å². The van der Waals surface area contributed by atoms with E-state index in [2.05, 4.69) is 26.0 Å². The van der Waals surface area contributed by atoms with Crippen LogP contribution < -0.4 is 20.7 Å². The van der Waals surface area contributed by atoms with Gasteiger partial charge in [-0.1, -0.05) is 13.0 Å². The standard InChI is InChI=1S/C27H28N6O3/c1-5-18-15(2)32-33(3)25(18)31-26(35)17-8-10-21-22(14-17)30-24(29-21)20-13-16(9-11-23(20)34)19-7-6-12-28-27(19)36-4/h6-14,24,29-30,34H,5H2,1-4H3,(H,31,35). The topological polar surface area (TPSA) is 113 Å². The molecule has 0 spiro atoms. The van der Waals surface area contributed by atoms with Gasteiger partial charge >= 0.3 is 0 Å². The number of carbonyl (C=O) groups is 1. The molecule has 3 heterocycles. The number of aromatic nitrogens is 3. The van der Waals surface area contributed by atoms with Crippen molar-refractivity contribution in [2.75, 3.05) is 23.1 Å². The smallest absolute Gasteiger partial charge is 0.256 e. The highest BCUT2D eigenvalue weighted by atomic mass is 16.5. The second-order valence-corrected chi connectivity index (χ2v) is 8.66. The summed E-state index contributed by atoms with van der Waals surface area (Å²) >= 11 is 0. The van der Waals surface area contributed by atoms with Crippen LogP contribution in [0.3, 0.4) is 0 Å². The Morgan fingerprint density at radius 3 is 2.75 bits per heavy atom. The number of hydrogen-bond acceptors (Lipinski definition) is 7. The average molecular weight is 485 g/mol. The van der Waals surface area contributed by atoms with Crippen LogP contribution in [0.25, 0.3) is 11.1 Å². The van der Waals surface area contributed by atoms with Gasteiger partial charge in [-0.3, -0.25) is 9.48 Å². The summed E-state index contributed by atoms with van der Waals surface area (Å²) in [5.41, 5.74) is 6.41. The SMILES string of the molecule is CCc1c(C)nn(C)c1NC(=O)c1ccc2c(c1)NC(c1cc(-c3cccnc3OC)ccc1O)N2. The number of fused-ring (bicyclic) bond motifs is 1. The van der Waals surface area contributed by atoms with Crippen molar-refractivity contribution in [1.82, 2.24) is 14.8 Å². The van der Waals surface area contributed by atoms with Crippen LogP contribution in [-0.4, -0.2) is 32.9 Å². The summed E-state index contributed by atoms with van der Waals surface area (Å²) in [6.07, 6.45) is 2.07. The summed E-state index contributed by atoms with van der Waals surface area (Å²) < 4.78 is 7.10.